The molecule has 5 heteroatoms. The van der Waals surface area contributed by atoms with Gasteiger partial charge in [0.25, 0.3) is 0 Å². The van der Waals surface area contributed by atoms with Crippen molar-refractivity contribution in [3.63, 3.8) is 0 Å². The van der Waals surface area contributed by atoms with Gasteiger partial charge in [-0.1, -0.05) is 15.9 Å². The molecule has 0 unspecified atom stereocenters. The third kappa shape index (κ3) is 3.95. The number of hydrogen-bond donors (Lipinski definition) is 0. The van der Waals surface area contributed by atoms with Gasteiger partial charge < -0.3 is 9.47 Å². The first-order valence-electron chi connectivity index (χ1n) is 6.62. The minimum absolute atomic E-state index is 0.0409. The molecule has 0 saturated carbocycles. The number of Topliss-reactive ketones (excluding diaryl/α,β-unsaturated/α-hetero) is 1. The van der Waals surface area contributed by atoms with E-state index in [0.717, 1.165) is 4.47 Å². The van der Waals surface area contributed by atoms with E-state index in [-0.39, 0.29) is 12.4 Å². The Labute approximate surface area is 137 Å². The van der Waals surface area contributed by atoms with Gasteiger partial charge in [0, 0.05) is 15.6 Å². The maximum Gasteiger partial charge on any atom is 0.338 e. The normalized spacial score (nSPS) is 10.1. The van der Waals surface area contributed by atoms with E-state index in [9.17, 15) is 9.59 Å². The quantitative estimate of drug-likeness (QED) is 0.595. The molecule has 0 N–H and O–H groups in total. The third-order valence-corrected chi connectivity index (χ3v) is 3.65. The molecule has 0 fully saturated rings. The average molecular weight is 363 g/mol. The van der Waals surface area contributed by atoms with Crippen LogP contribution in [0.15, 0.2) is 46.9 Å². The number of hydrogen-bond acceptors (Lipinski definition) is 4. The molecule has 2 aromatic rings. The van der Waals surface area contributed by atoms with Gasteiger partial charge >= 0.3 is 5.97 Å². The predicted molar refractivity (Wildman–Crippen MR) is 86.3 cm³/mol. The second-order valence-electron chi connectivity index (χ2n) is 4.67. The summed E-state index contributed by atoms with van der Waals surface area (Å²) < 4.78 is 11.4. The number of rotatable bonds is 5. The molecule has 0 bridgehead atoms. The molecule has 0 saturated heterocycles. The van der Waals surface area contributed by atoms with E-state index in [2.05, 4.69) is 15.9 Å². The lowest BCUT2D eigenvalue weighted by Crippen LogP contribution is -2.06. The number of esters is 1. The Morgan fingerprint density at radius 2 is 1.68 bits per heavy atom. The van der Waals surface area contributed by atoms with Crippen molar-refractivity contribution >= 4 is 27.7 Å². The first-order valence-corrected chi connectivity index (χ1v) is 7.41. The van der Waals surface area contributed by atoms with Crippen LogP contribution in [-0.4, -0.2) is 18.9 Å². The summed E-state index contributed by atoms with van der Waals surface area (Å²) in [6.07, 6.45) is 0. The molecule has 114 valence electrons. The number of ether oxygens (including phenoxy) is 2. The molecule has 2 aromatic carbocycles. The predicted octanol–water partition coefficient (Wildman–Crippen LogP) is 4.02. The van der Waals surface area contributed by atoms with Crippen molar-refractivity contribution < 1.29 is 19.1 Å². The zero-order chi connectivity index (χ0) is 16.1. The Hall–Kier alpha value is -2.14. The van der Waals surface area contributed by atoms with Gasteiger partial charge in [-0.25, -0.2) is 4.79 Å². The molecule has 0 aliphatic heterocycles. The lowest BCUT2D eigenvalue weighted by atomic mass is 10.1. The molecule has 0 spiro atoms. The highest BCUT2D eigenvalue weighted by Gasteiger charge is 2.11. The van der Waals surface area contributed by atoms with Gasteiger partial charge in [0.2, 0.25) is 0 Å². The average Bonchev–Trinajstić information content (AvgIpc) is 2.52. The van der Waals surface area contributed by atoms with Crippen molar-refractivity contribution in [3.8, 4) is 5.75 Å². The van der Waals surface area contributed by atoms with Crippen molar-refractivity contribution in [3.05, 3.63) is 63.6 Å². The van der Waals surface area contributed by atoms with E-state index in [0.29, 0.717) is 22.4 Å². The largest absolute Gasteiger partial charge is 0.496 e. The van der Waals surface area contributed by atoms with E-state index in [4.69, 9.17) is 9.47 Å². The van der Waals surface area contributed by atoms with Gasteiger partial charge in [-0.3, -0.25) is 4.79 Å². The van der Waals surface area contributed by atoms with Crippen LogP contribution in [-0.2, 0) is 11.3 Å². The lowest BCUT2D eigenvalue weighted by molar-refractivity contribution is 0.0470. The number of benzene rings is 2. The van der Waals surface area contributed by atoms with Crippen molar-refractivity contribution in [1.82, 2.24) is 0 Å². The fraction of sp³-hybridized carbons (Fsp3) is 0.176. The molecule has 0 radical (unpaired) electrons. The van der Waals surface area contributed by atoms with Crippen molar-refractivity contribution in [1.29, 1.82) is 0 Å². The van der Waals surface area contributed by atoms with E-state index in [1.807, 2.05) is 0 Å². The molecule has 0 heterocycles. The van der Waals surface area contributed by atoms with Crippen LogP contribution in [0.1, 0.15) is 33.2 Å². The van der Waals surface area contributed by atoms with Crippen LogP contribution in [0.4, 0.5) is 0 Å². The molecule has 0 aliphatic rings. The van der Waals surface area contributed by atoms with Crippen molar-refractivity contribution in [2.24, 2.45) is 0 Å². The Kier molecular flexibility index (Phi) is 5.33. The second-order valence-corrected chi connectivity index (χ2v) is 5.58. The minimum atomic E-state index is -0.428. The van der Waals surface area contributed by atoms with Gasteiger partial charge in [0.05, 0.1) is 12.7 Å². The van der Waals surface area contributed by atoms with Crippen LogP contribution in [0.3, 0.4) is 0 Å². The maximum atomic E-state index is 12.0. The van der Waals surface area contributed by atoms with Crippen LogP contribution in [0, 0.1) is 0 Å². The summed E-state index contributed by atoms with van der Waals surface area (Å²) in [6, 6.07) is 11.9. The first-order chi connectivity index (χ1) is 10.5. The van der Waals surface area contributed by atoms with Gasteiger partial charge in [0.15, 0.2) is 5.78 Å². The molecule has 22 heavy (non-hydrogen) atoms. The van der Waals surface area contributed by atoms with E-state index in [1.54, 1.807) is 42.5 Å². The van der Waals surface area contributed by atoms with Gasteiger partial charge in [-0.15, -0.1) is 0 Å². The Balaban J connectivity index is 2.13. The molecule has 0 amide bonds. The number of carbonyl (C=O) groups is 2. The summed E-state index contributed by atoms with van der Waals surface area (Å²) in [5.74, 6) is 0.0968. The van der Waals surface area contributed by atoms with Crippen LogP contribution in [0.2, 0.25) is 0 Å². The smallest absolute Gasteiger partial charge is 0.338 e. The first kappa shape index (κ1) is 16.2. The molecular formula is C17H15BrO4. The summed E-state index contributed by atoms with van der Waals surface area (Å²) in [7, 11) is 1.53. The lowest BCUT2D eigenvalue weighted by Gasteiger charge is -2.10. The number of ketones is 1. The van der Waals surface area contributed by atoms with E-state index >= 15 is 0 Å². The van der Waals surface area contributed by atoms with Crippen LogP contribution in [0.25, 0.3) is 0 Å². The number of methoxy groups -OCH3 is 1. The molecule has 2 rings (SSSR count). The zero-order valence-electron chi connectivity index (χ0n) is 12.3. The van der Waals surface area contributed by atoms with Gasteiger partial charge in [-0.05, 0) is 49.4 Å². The number of halogens is 1. The maximum absolute atomic E-state index is 12.0. The SMILES string of the molecule is COc1ccc(C(C)=O)cc1COC(=O)c1ccc(Br)cc1. The minimum Gasteiger partial charge on any atom is -0.496 e. The molecule has 0 atom stereocenters. The van der Waals surface area contributed by atoms with Crippen LogP contribution < -0.4 is 4.74 Å². The van der Waals surface area contributed by atoms with Crippen LogP contribution >= 0.6 is 15.9 Å². The van der Waals surface area contributed by atoms with Crippen molar-refractivity contribution in [2.45, 2.75) is 13.5 Å². The third-order valence-electron chi connectivity index (χ3n) is 3.13. The second kappa shape index (κ2) is 7.22. The molecule has 4 nitrogen and oxygen atoms in total. The fourth-order valence-electron chi connectivity index (χ4n) is 1.92. The molecule has 0 aliphatic carbocycles. The van der Waals surface area contributed by atoms with Gasteiger partial charge in [-0.2, -0.15) is 0 Å². The Bertz CT molecular complexity index is 692. The highest BCUT2D eigenvalue weighted by Crippen LogP contribution is 2.22. The Morgan fingerprint density at radius 1 is 1.05 bits per heavy atom. The summed E-state index contributed by atoms with van der Waals surface area (Å²) in [5, 5.41) is 0. The monoisotopic (exact) mass is 362 g/mol. The topological polar surface area (TPSA) is 52.6 Å². The van der Waals surface area contributed by atoms with Crippen molar-refractivity contribution in [2.75, 3.05) is 7.11 Å². The van der Waals surface area contributed by atoms with E-state index < -0.39 is 5.97 Å². The highest BCUT2D eigenvalue weighted by atomic mass is 79.9. The number of carbonyl (C=O) groups excluding carboxylic acids is 2. The zero-order valence-corrected chi connectivity index (χ0v) is 13.8. The summed E-state index contributed by atoms with van der Waals surface area (Å²) in [5.41, 5.74) is 1.67. The standard InChI is InChI=1S/C17H15BrO4/c1-11(19)13-5-8-16(21-2)14(9-13)10-22-17(20)12-3-6-15(18)7-4-12/h3-9H,10H2,1-2H3. The highest BCUT2D eigenvalue weighted by molar-refractivity contribution is 9.10. The summed E-state index contributed by atoms with van der Waals surface area (Å²) >= 11 is 3.31. The van der Waals surface area contributed by atoms with Crippen LogP contribution in [0.5, 0.6) is 5.75 Å². The molecule has 0 aromatic heterocycles. The summed E-state index contributed by atoms with van der Waals surface area (Å²) in [6.45, 7) is 1.53. The van der Waals surface area contributed by atoms with E-state index in [1.165, 1.54) is 14.0 Å². The Morgan fingerprint density at radius 3 is 2.27 bits per heavy atom. The fourth-order valence-corrected chi connectivity index (χ4v) is 2.19. The molecular weight excluding hydrogens is 348 g/mol. The summed E-state index contributed by atoms with van der Waals surface area (Å²) in [4.78, 5) is 23.4. The van der Waals surface area contributed by atoms with Gasteiger partial charge in [0.1, 0.15) is 12.4 Å².